The molecule has 0 spiro atoms. The highest BCUT2D eigenvalue weighted by atomic mass is 16.5. The average Bonchev–Trinajstić information content (AvgIpc) is 3.19. The number of ether oxygens (including phenoxy) is 1. The molecule has 156 valence electrons. The standard InChI is InChI=1S/C24H30O5/c1-3-4-7-15(2)19(25)13-12-17-20(26)14-21-23(17)18-10-5-8-16(24(18)29-21)9-6-11-22(27)28/h5,8,10,12-13,15,17,19-21,23,25-26H,6-7,9,11,14H2,1-2H3,(H,27,28)/b13-12+/t15-,17-,19+,20+,21?,23?/m0/s1. The second-order valence-corrected chi connectivity index (χ2v) is 8.13. The third kappa shape index (κ3) is 4.83. The minimum Gasteiger partial charge on any atom is -0.489 e. The smallest absolute Gasteiger partial charge is 0.303 e. The molecule has 1 aromatic carbocycles. The molecular formula is C24H30O5. The first kappa shape index (κ1) is 21.4. The molecule has 1 aliphatic carbocycles. The van der Waals surface area contributed by atoms with Crippen molar-refractivity contribution in [1.82, 2.24) is 0 Å². The number of carbonyl (C=O) groups is 1. The van der Waals surface area contributed by atoms with E-state index in [0.29, 0.717) is 25.7 Å². The molecule has 5 nitrogen and oxygen atoms in total. The van der Waals surface area contributed by atoms with Crippen LogP contribution in [0.3, 0.4) is 0 Å². The minimum absolute atomic E-state index is 0.0287. The number of aliphatic hydroxyl groups is 2. The van der Waals surface area contributed by atoms with Crippen LogP contribution < -0.4 is 4.74 Å². The van der Waals surface area contributed by atoms with Crippen molar-refractivity contribution in [3.8, 4) is 17.6 Å². The Morgan fingerprint density at radius 1 is 1.41 bits per heavy atom. The Labute approximate surface area is 172 Å². The van der Waals surface area contributed by atoms with E-state index in [1.165, 1.54) is 0 Å². The molecule has 0 radical (unpaired) electrons. The molecule has 1 aliphatic heterocycles. The summed E-state index contributed by atoms with van der Waals surface area (Å²) in [7, 11) is 0. The topological polar surface area (TPSA) is 87.0 Å². The van der Waals surface area contributed by atoms with Gasteiger partial charge in [0, 0.05) is 36.7 Å². The number of para-hydroxylation sites is 1. The molecule has 1 aromatic rings. The Morgan fingerprint density at radius 2 is 2.21 bits per heavy atom. The molecule has 0 bridgehead atoms. The van der Waals surface area contributed by atoms with Crippen LogP contribution >= 0.6 is 0 Å². The Morgan fingerprint density at radius 3 is 2.93 bits per heavy atom. The van der Waals surface area contributed by atoms with Gasteiger partial charge in [-0.05, 0) is 31.2 Å². The number of carboxylic acid groups (broad SMARTS) is 1. The van der Waals surface area contributed by atoms with Crippen molar-refractivity contribution in [2.24, 2.45) is 11.8 Å². The van der Waals surface area contributed by atoms with Gasteiger partial charge in [0.25, 0.3) is 0 Å². The first-order valence-corrected chi connectivity index (χ1v) is 10.4. The molecule has 5 heteroatoms. The second kappa shape index (κ2) is 9.47. The first-order chi connectivity index (χ1) is 13.9. The first-order valence-electron chi connectivity index (χ1n) is 10.4. The predicted molar refractivity (Wildman–Crippen MR) is 111 cm³/mol. The van der Waals surface area contributed by atoms with Crippen LogP contribution in [0, 0.1) is 23.7 Å². The summed E-state index contributed by atoms with van der Waals surface area (Å²) in [4.78, 5) is 10.8. The summed E-state index contributed by atoms with van der Waals surface area (Å²) >= 11 is 0. The van der Waals surface area contributed by atoms with E-state index in [-0.39, 0.29) is 30.3 Å². The van der Waals surface area contributed by atoms with Crippen molar-refractivity contribution in [2.45, 2.75) is 70.2 Å². The maximum absolute atomic E-state index is 10.8. The van der Waals surface area contributed by atoms with Crippen molar-refractivity contribution in [3.05, 3.63) is 41.5 Å². The normalized spacial score (nSPS) is 26.9. The van der Waals surface area contributed by atoms with Gasteiger partial charge in [0.2, 0.25) is 0 Å². The molecule has 2 aliphatic rings. The lowest BCUT2D eigenvalue weighted by atomic mass is 9.86. The van der Waals surface area contributed by atoms with Crippen molar-refractivity contribution in [2.75, 3.05) is 0 Å². The number of rotatable bonds is 8. The summed E-state index contributed by atoms with van der Waals surface area (Å²) in [5.41, 5.74) is 2.11. The SMILES string of the molecule is CC#CC[C@H](C)[C@H](O)/C=C/[C@@H]1C2c3cccc(CCCC(=O)O)c3OC2C[C@H]1O. The molecule has 2 unspecified atom stereocenters. The average molecular weight is 398 g/mol. The summed E-state index contributed by atoms with van der Waals surface area (Å²) < 4.78 is 6.21. The van der Waals surface area contributed by atoms with E-state index in [4.69, 9.17) is 9.84 Å². The Balaban J connectivity index is 1.75. The van der Waals surface area contributed by atoms with Crippen LogP contribution in [0.25, 0.3) is 0 Å². The fraction of sp³-hybridized carbons (Fsp3) is 0.542. The third-order valence-corrected chi connectivity index (χ3v) is 6.04. The van der Waals surface area contributed by atoms with Crippen molar-refractivity contribution >= 4 is 5.97 Å². The molecule has 6 atom stereocenters. The van der Waals surface area contributed by atoms with Gasteiger partial charge in [-0.25, -0.2) is 0 Å². The van der Waals surface area contributed by atoms with E-state index in [0.717, 1.165) is 16.9 Å². The zero-order valence-electron chi connectivity index (χ0n) is 17.0. The molecule has 1 heterocycles. The van der Waals surface area contributed by atoms with E-state index in [1.54, 1.807) is 13.0 Å². The number of hydrogen-bond donors (Lipinski definition) is 3. The largest absolute Gasteiger partial charge is 0.489 e. The molecule has 0 aromatic heterocycles. The van der Waals surface area contributed by atoms with Crippen LogP contribution in [-0.2, 0) is 11.2 Å². The van der Waals surface area contributed by atoms with Gasteiger partial charge >= 0.3 is 5.97 Å². The monoisotopic (exact) mass is 398 g/mol. The zero-order valence-corrected chi connectivity index (χ0v) is 17.0. The van der Waals surface area contributed by atoms with Crippen LogP contribution in [-0.4, -0.2) is 39.6 Å². The minimum atomic E-state index is -0.790. The third-order valence-electron chi connectivity index (χ3n) is 6.04. The zero-order chi connectivity index (χ0) is 21.0. The van der Waals surface area contributed by atoms with Crippen molar-refractivity contribution in [1.29, 1.82) is 0 Å². The van der Waals surface area contributed by atoms with Gasteiger partial charge in [0.1, 0.15) is 11.9 Å². The van der Waals surface area contributed by atoms with Gasteiger partial charge in [-0.2, -0.15) is 0 Å². The predicted octanol–water partition coefficient (Wildman–Crippen LogP) is 3.29. The number of aliphatic carboxylic acids is 1. The quantitative estimate of drug-likeness (QED) is 0.462. The highest BCUT2D eigenvalue weighted by Gasteiger charge is 2.48. The van der Waals surface area contributed by atoms with Gasteiger partial charge < -0.3 is 20.1 Å². The molecule has 29 heavy (non-hydrogen) atoms. The highest BCUT2D eigenvalue weighted by Crippen LogP contribution is 2.52. The lowest BCUT2D eigenvalue weighted by Gasteiger charge is -2.19. The summed E-state index contributed by atoms with van der Waals surface area (Å²) in [5, 5.41) is 29.9. The Hall–Kier alpha value is -2.29. The number of carboxylic acids is 1. The van der Waals surface area contributed by atoms with Crippen LogP contribution in [0.4, 0.5) is 0 Å². The van der Waals surface area contributed by atoms with E-state index >= 15 is 0 Å². The Bertz CT molecular complexity index is 818. The van der Waals surface area contributed by atoms with Gasteiger partial charge in [0.05, 0.1) is 12.2 Å². The van der Waals surface area contributed by atoms with Crippen LogP contribution in [0.15, 0.2) is 30.4 Å². The molecule has 0 amide bonds. The molecule has 1 saturated carbocycles. The summed E-state index contributed by atoms with van der Waals surface area (Å²) in [6.07, 6.45) is 5.07. The second-order valence-electron chi connectivity index (χ2n) is 8.13. The summed E-state index contributed by atoms with van der Waals surface area (Å²) in [5.74, 6) is 5.87. The Kier molecular flexibility index (Phi) is 7.00. The number of aliphatic hydroxyl groups excluding tert-OH is 2. The molecular weight excluding hydrogens is 368 g/mol. The van der Waals surface area contributed by atoms with Crippen LogP contribution in [0.1, 0.15) is 56.6 Å². The van der Waals surface area contributed by atoms with E-state index < -0.39 is 18.2 Å². The highest BCUT2D eigenvalue weighted by molar-refractivity contribution is 5.66. The van der Waals surface area contributed by atoms with Gasteiger partial charge in [0.15, 0.2) is 0 Å². The summed E-state index contributed by atoms with van der Waals surface area (Å²) in [6, 6.07) is 6.01. The maximum Gasteiger partial charge on any atom is 0.303 e. The molecule has 0 saturated heterocycles. The molecule has 3 rings (SSSR count). The number of hydrogen-bond acceptors (Lipinski definition) is 4. The number of aryl methyl sites for hydroxylation is 1. The number of fused-ring (bicyclic) bond motifs is 3. The van der Waals surface area contributed by atoms with Crippen LogP contribution in [0.2, 0.25) is 0 Å². The van der Waals surface area contributed by atoms with Gasteiger partial charge in [-0.3, -0.25) is 4.79 Å². The molecule has 3 N–H and O–H groups in total. The maximum atomic E-state index is 10.8. The fourth-order valence-corrected chi connectivity index (χ4v) is 4.41. The number of benzene rings is 1. The fourth-order valence-electron chi connectivity index (χ4n) is 4.41. The van der Waals surface area contributed by atoms with Gasteiger partial charge in [-0.15, -0.1) is 11.8 Å². The van der Waals surface area contributed by atoms with E-state index in [1.807, 2.05) is 31.2 Å². The van der Waals surface area contributed by atoms with E-state index in [2.05, 4.69) is 11.8 Å². The van der Waals surface area contributed by atoms with Crippen molar-refractivity contribution in [3.63, 3.8) is 0 Å². The summed E-state index contributed by atoms with van der Waals surface area (Å²) in [6.45, 7) is 3.75. The van der Waals surface area contributed by atoms with Crippen LogP contribution in [0.5, 0.6) is 5.75 Å². The van der Waals surface area contributed by atoms with Crippen molar-refractivity contribution < 1.29 is 24.9 Å². The lowest BCUT2D eigenvalue weighted by molar-refractivity contribution is -0.137. The van der Waals surface area contributed by atoms with Gasteiger partial charge in [-0.1, -0.05) is 37.3 Å². The van der Waals surface area contributed by atoms with E-state index in [9.17, 15) is 15.0 Å². The molecule has 1 fully saturated rings. The lowest BCUT2D eigenvalue weighted by Crippen LogP contribution is -2.19.